The van der Waals surface area contributed by atoms with Gasteiger partial charge in [-0.3, -0.25) is 4.79 Å². The number of esters is 1. The Balaban J connectivity index is 1.33. The van der Waals surface area contributed by atoms with E-state index in [2.05, 4.69) is 37.9 Å². The van der Waals surface area contributed by atoms with Crippen molar-refractivity contribution in [1.82, 2.24) is 9.88 Å². The van der Waals surface area contributed by atoms with Gasteiger partial charge in [0.15, 0.2) is 0 Å². The quantitative estimate of drug-likeness (QED) is 0.619. The molecule has 1 amide bonds. The molecule has 2 atom stereocenters. The van der Waals surface area contributed by atoms with Gasteiger partial charge in [0.1, 0.15) is 5.82 Å². The van der Waals surface area contributed by atoms with Crippen molar-refractivity contribution in [3.63, 3.8) is 0 Å². The molecule has 1 saturated heterocycles. The van der Waals surface area contributed by atoms with Gasteiger partial charge in [-0.2, -0.15) is 0 Å². The largest absolute Gasteiger partial charge is 0.462 e. The highest BCUT2D eigenvalue weighted by molar-refractivity contribution is 9.10. The molecule has 1 aliphatic heterocycles. The van der Waals surface area contributed by atoms with Crippen LogP contribution in [0.15, 0.2) is 47.1 Å². The summed E-state index contributed by atoms with van der Waals surface area (Å²) in [6, 6.07) is 11.9. The number of anilines is 1. The van der Waals surface area contributed by atoms with Crippen LogP contribution in [-0.4, -0.2) is 54.5 Å². The summed E-state index contributed by atoms with van der Waals surface area (Å²) in [5, 5.41) is 0. The van der Waals surface area contributed by atoms with E-state index in [9.17, 15) is 9.59 Å². The fourth-order valence-electron chi connectivity index (χ4n) is 4.06. The molecule has 2 fully saturated rings. The summed E-state index contributed by atoms with van der Waals surface area (Å²) in [7, 11) is 0. The second-order valence-corrected chi connectivity index (χ2v) is 8.71. The van der Waals surface area contributed by atoms with E-state index in [0.717, 1.165) is 42.8 Å². The number of hydrogen-bond acceptors (Lipinski definition) is 5. The molecule has 2 unspecified atom stereocenters. The molecule has 1 aliphatic carbocycles. The molecular weight excluding hydrogens is 446 g/mol. The summed E-state index contributed by atoms with van der Waals surface area (Å²) in [6.45, 7) is 5.19. The summed E-state index contributed by atoms with van der Waals surface area (Å²) in [4.78, 5) is 33.5. The van der Waals surface area contributed by atoms with Crippen LogP contribution in [0.25, 0.3) is 0 Å². The molecule has 6 nitrogen and oxygen atoms in total. The molecule has 0 spiro atoms. The topological polar surface area (TPSA) is 62.7 Å². The average molecular weight is 472 g/mol. The minimum atomic E-state index is -0.353. The Morgan fingerprint density at radius 1 is 1.10 bits per heavy atom. The molecule has 4 rings (SSSR count). The minimum absolute atomic E-state index is 0.111. The van der Waals surface area contributed by atoms with Crippen LogP contribution in [0, 0.1) is 5.92 Å². The van der Waals surface area contributed by atoms with Crippen LogP contribution in [0.3, 0.4) is 0 Å². The van der Waals surface area contributed by atoms with E-state index in [4.69, 9.17) is 4.74 Å². The van der Waals surface area contributed by atoms with Crippen LogP contribution in [0.4, 0.5) is 5.82 Å². The van der Waals surface area contributed by atoms with Gasteiger partial charge in [0, 0.05) is 42.8 Å². The van der Waals surface area contributed by atoms with Crippen molar-refractivity contribution in [2.24, 2.45) is 5.92 Å². The average Bonchev–Trinajstić information content (AvgIpc) is 3.58. The lowest BCUT2D eigenvalue weighted by Crippen LogP contribution is -2.36. The lowest BCUT2D eigenvalue weighted by molar-refractivity contribution is -0.132. The van der Waals surface area contributed by atoms with Gasteiger partial charge in [0.25, 0.3) is 0 Å². The predicted octanol–water partition coefficient (Wildman–Crippen LogP) is 3.86. The lowest BCUT2D eigenvalue weighted by atomic mass is 10.1. The number of hydrogen-bond donors (Lipinski definition) is 0. The van der Waals surface area contributed by atoms with E-state index in [1.807, 2.05) is 23.1 Å². The van der Waals surface area contributed by atoms with Crippen molar-refractivity contribution in [3.05, 3.63) is 58.2 Å². The Morgan fingerprint density at radius 3 is 2.60 bits per heavy atom. The summed E-state index contributed by atoms with van der Waals surface area (Å²) in [5.41, 5.74) is 1.71. The zero-order valence-corrected chi connectivity index (χ0v) is 18.7. The number of halogens is 1. The SMILES string of the molecule is CCOC(=O)c1ccc(N2CCCN(C(=O)C3CC3c3ccc(Br)cc3)CC2)nc1. The zero-order chi connectivity index (χ0) is 21.1. The summed E-state index contributed by atoms with van der Waals surface area (Å²) in [6.07, 6.45) is 3.41. The van der Waals surface area contributed by atoms with Crippen molar-refractivity contribution in [2.45, 2.75) is 25.7 Å². The Morgan fingerprint density at radius 2 is 1.90 bits per heavy atom. The standard InChI is InChI=1S/C23H26BrN3O3/c1-2-30-23(29)17-6-9-21(25-15-17)26-10-3-11-27(13-12-26)22(28)20-14-19(20)16-4-7-18(24)8-5-16/h4-9,15,19-20H,2-3,10-14H2,1H3. The molecule has 7 heteroatoms. The van der Waals surface area contributed by atoms with E-state index < -0.39 is 0 Å². The van der Waals surface area contributed by atoms with Crippen LogP contribution in [0.5, 0.6) is 0 Å². The number of carbonyl (C=O) groups is 2. The number of pyridine rings is 1. The number of aromatic nitrogens is 1. The number of rotatable bonds is 5. The van der Waals surface area contributed by atoms with Gasteiger partial charge >= 0.3 is 5.97 Å². The Bertz CT molecular complexity index is 901. The fourth-order valence-corrected chi connectivity index (χ4v) is 4.32. The first kappa shape index (κ1) is 20.8. The number of carbonyl (C=O) groups excluding carboxylic acids is 2. The second kappa shape index (κ2) is 9.16. The van der Waals surface area contributed by atoms with Gasteiger partial charge in [0.05, 0.1) is 12.2 Å². The van der Waals surface area contributed by atoms with Crippen molar-refractivity contribution < 1.29 is 14.3 Å². The van der Waals surface area contributed by atoms with Crippen LogP contribution in [-0.2, 0) is 9.53 Å². The third-order valence-corrected chi connectivity index (χ3v) is 6.33. The van der Waals surface area contributed by atoms with Gasteiger partial charge in [-0.25, -0.2) is 9.78 Å². The molecular formula is C23H26BrN3O3. The highest BCUT2D eigenvalue weighted by atomic mass is 79.9. The molecule has 1 saturated carbocycles. The first-order chi connectivity index (χ1) is 14.6. The first-order valence-corrected chi connectivity index (χ1v) is 11.3. The summed E-state index contributed by atoms with van der Waals surface area (Å²) in [5.74, 6) is 1.21. The van der Waals surface area contributed by atoms with E-state index in [0.29, 0.717) is 24.6 Å². The van der Waals surface area contributed by atoms with Gasteiger partial charge in [-0.15, -0.1) is 0 Å². The van der Waals surface area contributed by atoms with Crippen LogP contribution >= 0.6 is 15.9 Å². The fraction of sp³-hybridized carbons (Fsp3) is 0.435. The van der Waals surface area contributed by atoms with E-state index in [-0.39, 0.29) is 17.8 Å². The first-order valence-electron chi connectivity index (χ1n) is 10.5. The molecule has 1 aromatic carbocycles. The normalized spacial score (nSPS) is 21.1. The molecule has 1 aromatic heterocycles. The maximum absolute atomic E-state index is 13.0. The summed E-state index contributed by atoms with van der Waals surface area (Å²) < 4.78 is 6.07. The lowest BCUT2D eigenvalue weighted by Gasteiger charge is -2.23. The number of nitrogens with zero attached hydrogens (tertiary/aromatic N) is 3. The van der Waals surface area contributed by atoms with Crippen molar-refractivity contribution >= 4 is 33.6 Å². The minimum Gasteiger partial charge on any atom is -0.462 e. The smallest absolute Gasteiger partial charge is 0.339 e. The molecule has 30 heavy (non-hydrogen) atoms. The number of ether oxygens (including phenoxy) is 1. The highest BCUT2D eigenvalue weighted by Gasteiger charge is 2.45. The molecule has 0 N–H and O–H groups in total. The zero-order valence-electron chi connectivity index (χ0n) is 17.1. The van der Waals surface area contributed by atoms with Crippen molar-refractivity contribution in [2.75, 3.05) is 37.7 Å². The number of benzene rings is 1. The van der Waals surface area contributed by atoms with Gasteiger partial charge in [-0.05, 0) is 55.5 Å². The second-order valence-electron chi connectivity index (χ2n) is 7.79. The molecule has 0 radical (unpaired) electrons. The number of amides is 1. The van der Waals surface area contributed by atoms with Crippen LogP contribution < -0.4 is 4.90 Å². The molecule has 2 heterocycles. The van der Waals surface area contributed by atoms with Crippen molar-refractivity contribution in [3.8, 4) is 0 Å². The van der Waals surface area contributed by atoms with Gasteiger partial charge < -0.3 is 14.5 Å². The predicted molar refractivity (Wildman–Crippen MR) is 119 cm³/mol. The van der Waals surface area contributed by atoms with E-state index >= 15 is 0 Å². The monoisotopic (exact) mass is 471 g/mol. The molecule has 158 valence electrons. The maximum atomic E-state index is 13.0. The van der Waals surface area contributed by atoms with Crippen molar-refractivity contribution in [1.29, 1.82) is 0 Å². The highest BCUT2D eigenvalue weighted by Crippen LogP contribution is 2.48. The van der Waals surface area contributed by atoms with Gasteiger partial charge in [-0.1, -0.05) is 28.1 Å². The third-order valence-electron chi connectivity index (χ3n) is 5.80. The van der Waals surface area contributed by atoms with E-state index in [1.165, 1.54) is 5.56 Å². The summed E-state index contributed by atoms with van der Waals surface area (Å²) >= 11 is 3.47. The van der Waals surface area contributed by atoms with E-state index in [1.54, 1.807) is 19.2 Å². The Hall–Kier alpha value is -2.41. The van der Waals surface area contributed by atoms with Gasteiger partial charge in [0.2, 0.25) is 5.91 Å². The third kappa shape index (κ3) is 4.67. The maximum Gasteiger partial charge on any atom is 0.339 e. The van der Waals surface area contributed by atoms with Crippen LogP contribution in [0.2, 0.25) is 0 Å². The Labute approximate surface area is 185 Å². The Kier molecular flexibility index (Phi) is 6.37. The van der Waals surface area contributed by atoms with Crippen LogP contribution in [0.1, 0.15) is 41.6 Å². The molecule has 2 aromatic rings. The molecule has 2 aliphatic rings. The molecule has 0 bridgehead atoms.